The number of para-hydroxylation sites is 1. The highest BCUT2D eigenvalue weighted by molar-refractivity contribution is 7.13. The van der Waals surface area contributed by atoms with Gasteiger partial charge in [-0.25, -0.2) is 9.67 Å². The molecule has 0 N–H and O–H groups in total. The van der Waals surface area contributed by atoms with E-state index in [-0.39, 0.29) is 12.0 Å². The average Bonchev–Trinajstić information content (AvgIpc) is 3.54. The van der Waals surface area contributed by atoms with Gasteiger partial charge in [-0.3, -0.25) is 4.79 Å². The second kappa shape index (κ2) is 9.46. The van der Waals surface area contributed by atoms with Crippen LogP contribution in [0, 0.1) is 0 Å². The quantitative estimate of drug-likeness (QED) is 0.428. The van der Waals surface area contributed by atoms with Crippen molar-refractivity contribution in [3.05, 3.63) is 89.7 Å². The lowest BCUT2D eigenvalue weighted by Crippen LogP contribution is -2.41. The third kappa shape index (κ3) is 4.64. The number of thiazole rings is 1. The second-order valence-corrected chi connectivity index (χ2v) is 8.69. The predicted molar refractivity (Wildman–Crippen MR) is 125 cm³/mol. The molecule has 5 rings (SSSR count). The Morgan fingerprint density at radius 2 is 1.75 bits per heavy atom. The molecule has 2 aromatic heterocycles. The lowest BCUT2D eigenvalue weighted by atomic mass is 10.1. The Balaban J connectivity index is 1.17. The number of nitrogens with zero attached hydrogens (tertiary/aromatic N) is 4. The maximum atomic E-state index is 13.0. The fraction of sp³-hybridized carbons (Fsp3) is 0.240. The molecule has 0 spiro atoms. The van der Waals surface area contributed by atoms with E-state index in [1.807, 2.05) is 69.7 Å². The Kier molecular flexibility index (Phi) is 6.09. The molecule has 1 saturated heterocycles. The van der Waals surface area contributed by atoms with Crippen LogP contribution in [0.15, 0.2) is 78.4 Å². The predicted octanol–water partition coefficient (Wildman–Crippen LogP) is 4.82. The van der Waals surface area contributed by atoms with Gasteiger partial charge in [0.25, 0.3) is 5.91 Å². The van der Waals surface area contributed by atoms with Crippen LogP contribution in [0.2, 0.25) is 0 Å². The number of benzene rings is 2. The van der Waals surface area contributed by atoms with Gasteiger partial charge in [-0.15, -0.1) is 11.3 Å². The molecule has 0 unspecified atom stereocenters. The number of carbonyl (C=O) groups excluding carboxylic acids is 1. The van der Waals surface area contributed by atoms with Crippen LogP contribution in [0.1, 0.15) is 28.9 Å². The Morgan fingerprint density at radius 1 is 1.03 bits per heavy atom. The Bertz CT molecular complexity index is 1160. The Labute approximate surface area is 191 Å². The van der Waals surface area contributed by atoms with Crippen molar-refractivity contribution in [2.75, 3.05) is 13.1 Å². The van der Waals surface area contributed by atoms with Crippen molar-refractivity contribution in [1.29, 1.82) is 0 Å². The summed E-state index contributed by atoms with van der Waals surface area (Å²) in [7, 11) is 0. The zero-order valence-electron chi connectivity index (χ0n) is 17.6. The highest BCUT2D eigenvalue weighted by Gasteiger charge is 2.25. The van der Waals surface area contributed by atoms with Crippen molar-refractivity contribution in [1.82, 2.24) is 19.7 Å². The molecular weight excluding hydrogens is 420 g/mol. The topological polar surface area (TPSA) is 60.2 Å². The molecule has 1 amide bonds. The maximum absolute atomic E-state index is 13.0. The van der Waals surface area contributed by atoms with Gasteiger partial charge in [0.05, 0.1) is 24.6 Å². The molecule has 1 aliphatic rings. The number of hydrogen-bond donors (Lipinski definition) is 0. The number of carbonyl (C=O) groups is 1. The molecule has 0 radical (unpaired) electrons. The van der Waals surface area contributed by atoms with E-state index in [2.05, 4.69) is 22.2 Å². The number of hydrogen-bond acceptors (Lipinski definition) is 5. The summed E-state index contributed by atoms with van der Waals surface area (Å²) in [5, 5.41) is 7.07. The first kappa shape index (κ1) is 20.6. The van der Waals surface area contributed by atoms with Crippen LogP contribution < -0.4 is 0 Å². The van der Waals surface area contributed by atoms with Crippen LogP contribution in [-0.2, 0) is 11.3 Å². The molecule has 7 heteroatoms. The van der Waals surface area contributed by atoms with Gasteiger partial charge in [0.15, 0.2) is 0 Å². The molecule has 0 aliphatic carbocycles. The minimum atomic E-state index is -0.00976. The zero-order valence-corrected chi connectivity index (χ0v) is 18.4. The van der Waals surface area contributed by atoms with E-state index in [0.717, 1.165) is 29.1 Å². The molecule has 2 aromatic carbocycles. The molecule has 0 saturated carbocycles. The summed E-state index contributed by atoms with van der Waals surface area (Å²) in [4.78, 5) is 19.4. The van der Waals surface area contributed by atoms with Crippen molar-refractivity contribution in [3.63, 3.8) is 0 Å². The highest BCUT2D eigenvalue weighted by Crippen LogP contribution is 2.26. The van der Waals surface area contributed by atoms with E-state index in [4.69, 9.17) is 4.74 Å². The van der Waals surface area contributed by atoms with Gasteiger partial charge in [-0.05, 0) is 30.5 Å². The first-order valence-electron chi connectivity index (χ1n) is 10.8. The molecular formula is C25H24N4O2S. The molecule has 32 heavy (non-hydrogen) atoms. The summed E-state index contributed by atoms with van der Waals surface area (Å²) in [6.45, 7) is 2.00. The Morgan fingerprint density at radius 3 is 2.50 bits per heavy atom. The van der Waals surface area contributed by atoms with Gasteiger partial charge in [0.2, 0.25) is 0 Å². The van der Waals surface area contributed by atoms with Crippen molar-refractivity contribution in [2.24, 2.45) is 0 Å². The number of ether oxygens (including phenoxy) is 1. The van der Waals surface area contributed by atoms with E-state index in [9.17, 15) is 4.79 Å². The van der Waals surface area contributed by atoms with Crippen LogP contribution in [0.25, 0.3) is 16.3 Å². The number of piperidine rings is 1. The third-order valence-corrected chi connectivity index (χ3v) is 6.52. The van der Waals surface area contributed by atoms with Gasteiger partial charge >= 0.3 is 0 Å². The lowest BCUT2D eigenvalue weighted by Gasteiger charge is -2.31. The van der Waals surface area contributed by atoms with Gasteiger partial charge in [0.1, 0.15) is 10.7 Å². The number of likely N-dealkylation sites (tertiary alicyclic amines) is 1. The monoisotopic (exact) mass is 444 g/mol. The number of amides is 1. The largest absolute Gasteiger partial charge is 0.373 e. The molecule has 3 heterocycles. The first-order chi connectivity index (χ1) is 15.8. The summed E-state index contributed by atoms with van der Waals surface area (Å²) in [6.07, 6.45) is 5.61. The van der Waals surface area contributed by atoms with Gasteiger partial charge in [-0.1, -0.05) is 48.5 Å². The number of rotatable bonds is 6. The molecule has 162 valence electrons. The smallest absolute Gasteiger partial charge is 0.273 e. The zero-order chi connectivity index (χ0) is 21.8. The maximum Gasteiger partial charge on any atom is 0.273 e. The summed E-state index contributed by atoms with van der Waals surface area (Å²) in [5.41, 5.74) is 3.58. The second-order valence-electron chi connectivity index (χ2n) is 7.84. The van der Waals surface area contributed by atoms with Crippen molar-refractivity contribution >= 4 is 17.2 Å². The first-order valence-corrected chi connectivity index (χ1v) is 11.6. The van der Waals surface area contributed by atoms with E-state index in [0.29, 0.717) is 25.4 Å². The van der Waals surface area contributed by atoms with Crippen LogP contribution in [0.5, 0.6) is 0 Å². The lowest BCUT2D eigenvalue weighted by molar-refractivity contribution is -0.000490. The summed E-state index contributed by atoms with van der Waals surface area (Å²) >= 11 is 1.47. The van der Waals surface area contributed by atoms with Crippen molar-refractivity contribution in [2.45, 2.75) is 25.6 Å². The Hall–Kier alpha value is -3.29. The third-order valence-electron chi connectivity index (χ3n) is 5.63. The van der Waals surface area contributed by atoms with Gasteiger partial charge in [0, 0.05) is 30.2 Å². The fourth-order valence-corrected chi connectivity index (χ4v) is 4.60. The minimum Gasteiger partial charge on any atom is -0.373 e. The summed E-state index contributed by atoms with van der Waals surface area (Å²) in [5.74, 6) is -0.00976. The molecule has 4 aromatic rings. The molecule has 0 bridgehead atoms. The standard InChI is InChI=1S/C25H24N4O2S/c30-25(28-13-11-22(12-14-28)31-17-19-7-3-1-4-8-19)23-18-32-24(27-23)20-15-26-29(16-20)21-9-5-2-6-10-21/h1-10,15-16,18,22H,11-14,17H2. The molecule has 1 aliphatic heterocycles. The van der Waals surface area contributed by atoms with Crippen LogP contribution >= 0.6 is 11.3 Å². The van der Waals surface area contributed by atoms with Gasteiger partial charge < -0.3 is 9.64 Å². The number of aromatic nitrogens is 3. The van der Waals surface area contributed by atoms with Crippen LogP contribution in [-0.4, -0.2) is 44.8 Å². The normalized spacial score (nSPS) is 14.6. The average molecular weight is 445 g/mol. The van der Waals surface area contributed by atoms with E-state index in [1.165, 1.54) is 16.9 Å². The highest BCUT2D eigenvalue weighted by atomic mass is 32.1. The fourth-order valence-electron chi connectivity index (χ4n) is 3.84. The van der Waals surface area contributed by atoms with Gasteiger partial charge in [-0.2, -0.15) is 5.10 Å². The SMILES string of the molecule is O=C(c1csc(-c2cnn(-c3ccccc3)c2)n1)N1CCC(OCc2ccccc2)CC1. The molecule has 1 fully saturated rings. The molecule has 0 atom stereocenters. The van der Waals surface area contributed by atoms with E-state index < -0.39 is 0 Å². The van der Waals surface area contributed by atoms with Crippen molar-refractivity contribution in [3.8, 4) is 16.3 Å². The summed E-state index contributed by atoms with van der Waals surface area (Å²) in [6, 6.07) is 20.1. The van der Waals surface area contributed by atoms with E-state index >= 15 is 0 Å². The summed E-state index contributed by atoms with van der Waals surface area (Å²) < 4.78 is 7.86. The van der Waals surface area contributed by atoms with Crippen molar-refractivity contribution < 1.29 is 9.53 Å². The molecule has 6 nitrogen and oxygen atoms in total. The van der Waals surface area contributed by atoms with Crippen LogP contribution in [0.3, 0.4) is 0 Å². The minimum absolute atomic E-state index is 0.00976. The van der Waals surface area contributed by atoms with Crippen LogP contribution in [0.4, 0.5) is 0 Å². The van der Waals surface area contributed by atoms with E-state index in [1.54, 1.807) is 6.20 Å².